The summed E-state index contributed by atoms with van der Waals surface area (Å²) in [5, 5.41) is 9.31. The number of phenols is 1. The summed E-state index contributed by atoms with van der Waals surface area (Å²) in [4.78, 5) is 15.8. The van der Waals surface area contributed by atoms with Crippen molar-refractivity contribution in [2.24, 2.45) is 0 Å². The minimum absolute atomic E-state index is 0.198. The third-order valence-corrected chi connectivity index (χ3v) is 2.46. The first-order valence-electron chi connectivity index (χ1n) is 5.15. The number of alkyl halides is 2. The lowest BCUT2D eigenvalue weighted by molar-refractivity contribution is 0.102. The molecule has 0 fully saturated rings. The largest absolute Gasteiger partial charge is 0.508 e. The Morgan fingerprint density at radius 3 is 2.44 bits per heavy atom. The second kappa shape index (κ2) is 4.91. The number of ketones is 1. The van der Waals surface area contributed by atoms with E-state index in [0.29, 0.717) is 0 Å². The van der Waals surface area contributed by atoms with Crippen LogP contribution in [0.15, 0.2) is 42.7 Å². The lowest BCUT2D eigenvalue weighted by Gasteiger charge is -2.08. The number of benzene rings is 1. The summed E-state index contributed by atoms with van der Waals surface area (Å²) in [5.74, 6) is -0.791. The lowest BCUT2D eigenvalue weighted by Crippen LogP contribution is -2.05. The average Bonchev–Trinajstić information content (AvgIpc) is 2.38. The third-order valence-electron chi connectivity index (χ3n) is 2.46. The number of hydrogen-bond acceptors (Lipinski definition) is 3. The predicted octanol–water partition coefficient (Wildman–Crippen LogP) is 2.96. The molecule has 0 spiro atoms. The SMILES string of the molecule is O=C(c1ccncc1)c1cc(O)ccc1C(F)F. The van der Waals surface area contributed by atoms with Crippen LogP contribution in [0.3, 0.4) is 0 Å². The van der Waals surface area contributed by atoms with Crippen molar-refractivity contribution >= 4 is 5.78 Å². The van der Waals surface area contributed by atoms with Crippen molar-refractivity contribution in [2.45, 2.75) is 6.43 Å². The second-order valence-corrected chi connectivity index (χ2v) is 3.64. The van der Waals surface area contributed by atoms with E-state index in [0.717, 1.165) is 18.2 Å². The van der Waals surface area contributed by atoms with Gasteiger partial charge in [0.2, 0.25) is 0 Å². The summed E-state index contributed by atoms with van der Waals surface area (Å²) in [6.07, 6.45) is 0.0299. The van der Waals surface area contributed by atoms with Crippen LogP contribution in [0.25, 0.3) is 0 Å². The highest BCUT2D eigenvalue weighted by atomic mass is 19.3. The fraction of sp³-hybridized carbons (Fsp3) is 0.0769. The molecular weight excluding hydrogens is 240 g/mol. The molecule has 0 aliphatic carbocycles. The topological polar surface area (TPSA) is 50.2 Å². The Balaban J connectivity index is 2.50. The maximum atomic E-state index is 12.8. The van der Waals surface area contributed by atoms with Crippen molar-refractivity contribution in [1.82, 2.24) is 4.98 Å². The molecular formula is C13H9F2NO2. The number of aromatic nitrogens is 1. The van der Waals surface area contributed by atoms with E-state index in [1.807, 2.05) is 0 Å². The molecule has 1 N–H and O–H groups in total. The Morgan fingerprint density at radius 2 is 1.83 bits per heavy atom. The van der Waals surface area contributed by atoms with E-state index in [1.165, 1.54) is 24.5 Å². The summed E-state index contributed by atoms with van der Waals surface area (Å²) in [6.45, 7) is 0. The van der Waals surface area contributed by atoms with Crippen LogP contribution >= 0.6 is 0 Å². The molecule has 0 bridgehead atoms. The number of nitrogens with zero attached hydrogens (tertiary/aromatic N) is 1. The molecule has 0 unspecified atom stereocenters. The highest BCUT2D eigenvalue weighted by Gasteiger charge is 2.19. The van der Waals surface area contributed by atoms with Gasteiger partial charge in [-0.1, -0.05) is 0 Å². The number of hydrogen-bond donors (Lipinski definition) is 1. The van der Waals surface area contributed by atoms with Crippen LogP contribution in [-0.2, 0) is 0 Å². The fourth-order valence-corrected chi connectivity index (χ4v) is 1.59. The normalized spacial score (nSPS) is 10.6. The van der Waals surface area contributed by atoms with E-state index in [-0.39, 0.29) is 16.9 Å². The molecule has 1 heterocycles. The second-order valence-electron chi connectivity index (χ2n) is 3.64. The molecule has 0 saturated heterocycles. The molecule has 0 radical (unpaired) electrons. The summed E-state index contributed by atoms with van der Waals surface area (Å²) < 4.78 is 25.6. The van der Waals surface area contributed by atoms with Gasteiger partial charge in [0.1, 0.15) is 5.75 Å². The van der Waals surface area contributed by atoms with Crippen LogP contribution in [0, 0.1) is 0 Å². The molecule has 5 heteroatoms. The van der Waals surface area contributed by atoms with Crippen LogP contribution in [-0.4, -0.2) is 15.9 Å². The van der Waals surface area contributed by atoms with Gasteiger partial charge in [-0.25, -0.2) is 8.78 Å². The number of pyridine rings is 1. The first-order chi connectivity index (χ1) is 8.59. The monoisotopic (exact) mass is 249 g/mol. The first-order valence-corrected chi connectivity index (χ1v) is 5.15. The number of aromatic hydroxyl groups is 1. The number of carbonyl (C=O) groups excluding carboxylic acids is 1. The summed E-state index contributed by atoms with van der Waals surface area (Å²) in [7, 11) is 0. The van der Waals surface area contributed by atoms with Gasteiger partial charge in [0.05, 0.1) is 0 Å². The smallest absolute Gasteiger partial charge is 0.264 e. The van der Waals surface area contributed by atoms with Crippen molar-refractivity contribution in [1.29, 1.82) is 0 Å². The Kier molecular flexibility index (Phi) is 3.32. The highest BCUT2D eigenvalue weighted by Crippen LogP contribution is 2.27. The quantitative estimate of drug-likeness (QED) is 0.851. The van der Waals surface area contributed by atoms with Gasteiger partial charge in [-0.15, -0.1) is 0 Å². The highest BCUT2D eigenvalue weighted by molar-refractivity contribution is 6.10. The molecule has 3 nitrogen and oxygen atoms in total. The number of halogens is 2. The van der Waals surface area contributed by atoms with E-state index in [1.54, 1.807) is 0 Å². The van der Waals surface area contributed by atoms with Crippen LogP contribution < -0.4 is 0 Å². The Labute approximate surface area is 102 Å². The molecule has 0 aliphatic heterocycles. The van der Waals surface area contributed by atoms with Crippen molar-refractivity contribution < 1.29 is 18.7 Å². The van der Waals surface area contributed by atoms with E-state index in [2.05, 4.69) is 4.98 Å². The van der Waals surface area contributed by atoms with Gasteiger partial charge in [-0.05, 0) is 30.3 Å². The van der Waals surface area contributed by atoms with Gasteiger partial charge in [-0.2, -0.15) is 0 Å². The van der Waals surface area contributed by atoms with Gasteiger partial charge in [0.25, 0.3) is 6.43 Å². The minimum Gasteiger partial charge on any atom is -0.508 e. The molecule has 92 valence electrons. The number of phenolic OH excluding ortho intramolecular Hbond substituents is 1. The maximum absolute atomic E-state index is 12.8. The van der Waals surface area contributed by atoms with E-state index in [9.17, 15) is 18.7 Å². The van der Waals surface area contributed by atoms with Crippen LogP contribution in [0.2, 0.25) is 0 Å². The third kappa shape index (κ3) is 2.34. The minimum atomic E-state index is -2.77. The maximum Gasteiger partial charge on any atom is 0.264 e. The van der Waals surface area contributed by atoms with Gasteiger partial charge in [-0.3, -0.25) is 9.78 Å². The van der Waals surface area contributed by atoms with E-state index in [4.69, 9.17) is 0 Å². The summed E-state index contributed by atoms with van der Waals surface area (Å²) in [5.41, 5.74) is -0.344. The van der Waals surface area contributed by atoms with Gasteiger partial charge >= 0.3 is 0 Å². The van der Waals surface area contributed by atoms with Crippen molar-refractivity contribution in [2.75, 3.05) is 0 Å². The molecule has 0 aliphatic rings. The molecule has 0 atom stereocenters. The molecule has 0 amide bonds. The molecule has 1 aromatic carbocycles. The first kappa shape index (κ1) is 12.2. The van der Waals surface area contributed by atoms with Gasteiger partial charge in [0, 0.05) is 29.1 Å². The van der Waals surface area contributed by atoms with Crippen molar-refractivity contribution in [3.05, 3.63) is 59.4 Å². The van der Waals surface area contributed by atoms with Gasteiger partial charge in [0.15, 0.2) is 5.78 Å². The molecule has 0 saturated carbocycles. The van der Waals surface area contributed by atoms with Crippen molar-refractivity contribution in [3.8, 4) is 5.75 Å². The number of carbonyl (C=O) groups is 1. The average molecular weight is 249 g/mol. The predicted molar refractivity (Wildman–Crippen MR) is 60.7 cm³/mol. The van der Waals surface area contributed by atoms with Crippen LogP contribution in [0.5, 0.6) is 5.75 Å². The zero-order valence-corrected chi connectivity index (χ0v) is 9.18. The van der Waals surface area contributed by atoms with Gasteiger partial charge < -0.3 is 5.11 Å². The summed E-state index contributed by atoms with van der Waals surface area (Å²) >= 11 is 0. The fourth-order valence-electron chi connectivity index (χ4n) is 1.59. The zero-order chi connectivity index (χ0) is 13.1. The molecule has 18 heavy (non-hydrogen) atoms. The van der Waals surface area contributed by atoms with Crippen LogP contribution in [0.1, 0.15) is 27.9 Å². The summed E-state index contributed by atoms with van der Waals surface area (Å²) in [6, 6.07) is 6.09. The van der Waals surface area contributed by atoms with Crippen molar-refractivity contribution in [3.63, 3.8) is 0 Å². The van der Waals surface area contributed by atoms with E-state index < -0.39 is 17.8 Å². The van der Waals surface area contributed by atoms with E-state index >= 15 is 0 Å². The van der Waals surface area contributed by atoms with Crippen LogP contribution in [0.4, 0.5) is 8.78 Å². The number of rotatable bonds is 3. The molecule has 2 aromatic rings. The Bertz CT molecular complexity index is 570. The zero-order valence-electron chi connectivity index (χ0n) is 9.18. The molecule has 2 rings (SSSR count). The lowest BCUT2D eigenvalue weighted by atomic mass is 9.99. The molecule has 1 aromatic heterocycles. The standard InChI is InChI=1S/C13H9F2NO2/c14-13(15)10-2-1-9(17)7-11(10)12(18)8-3-5-16-6-4-8/h1-7,13,17H. The Morgan fingerprint density at radius 1 is 1.17 bits per heavy atom. The Hall–Kier alpha value is -2.30.